The molecule has 108 valence electrons. The Balaban J connectivity index is 1.87. The van der Waals surface area contributed by atoms with E-state index in [0.717, 1.165) is 22.8 Å². The van der Waals surface area contributed by atoms with Crippen LogP contribution in [0, 0.1) is 6.92 Å². The van der Waals surface area contributed by atoms with E-state index in [1.54, 1.807) is 11.8 Å². The Kier molecular flexibility index (Phi) is 3.92. The van der Waals surface area contributed by atoms with Gasteiger partial charge in [-0.2, -0.15) is 4.98 Å². The number of benzene rings is 1. The third kappa shape index (κ3) is 2.93. The van der Waals surface area contributed by atoms with Gasteiger partial charge in [0, 0.05) is 11.8 Å². The van der Waals surface area contributed by atoms with E-state index >= 15 is 0 Å². The molecule has 5 heteroatoms. The van der Waals surface area contributed by atoms with Crippen molar-refractivity contribution < 1.29 is 4.52 Å². The van der Waals surface area contributed by atoms with Gasteiger partial charge in [0.15, 0.2) is 5.82 Å². The molecule has 0 fully saturated rings. The zero-order chi connectivity index (χ0) is 14.8. The molecule has 0 saturated carbocycles. The number of pyridine rings is 1. The third-order valence-corrected chi connectivity index (χ3v) is 4.35. The van der Waals surface area contributed by atoms with Crippen molar-refractivity contribution in [3.05, 3.63) is 47.6 Å². The Labute approximate surface area is 128 Å². The first-order valence-corrected chi connectivity index (χ1v) is 7.91. The van der Waals surface area contributed by atoms with Crippen LogP contribution in [-0.2, 0) is 6.42 Å². The zero-order valence-corrected chi connectivity index (χ0v) is 13.1. The summed E-state index contributed by atoms with van der Waals surface area (Å²) in [5.74, 6) is 1.41. The van der Waals surface area contributed by atoms with Crippen LogP contribution in [0.2, 0.25) is 0 Å². The van der Waals surface area contributed by atoms with Gasteiger partial charge in [-0.1, -0.05) is 42.0 Å². The van der Waals surface area contributed by atoms with E-state index in [2.05, 4.69) is 36.1 Å². The fourth-order valence-electron chi connectivity index (χ4n) is 2.19. The second-order valence-electron chi connectivity index (χ2n) is 4.96. The van der Waals surface area contributed by atoms with Crippen LogP contribution in [0.25, 0.3) is 10.9 Å². The molecule has 4 nitrogen and oxygen atoms in total. The lowest BCUT2D eigenvalue weighted by Gasteiger charge is -2.08. The number of aromatic nitrogens is 3. The molecule has 2 aromatic heterocycles. The van der Waals surface area contributed by atoms with Gasteiger partial charge >= 0.3 is 0 Å². The Hall–Kier alpha value is -1.88. The first-order chi connectivity index (χ1) is 10.2. The summed E-state index contributed by atoms with van der Waals surface area (Å²) in [5, 5.41) is 6.21. The van der Waals surface area contributed by atoms with Crippen molar-refractivity contribution in [1.82, 2.24) is 15.1 Å². The van der Waals surface area contributed by atoms with Gasteiger partial charge in [0.1, 0.15) is 0 Å². The number of thioether (sulfide) groups is 1. The lowest BCUT2D eigenvalue weighted by Crippen LogP contribution is -1.92. The van der Waals surface area contributed by atoms with Crippen molar-refractivity contribution in [2.75, 3.05) is 0 Å². The van der Waals surface area contributed by atoms with Gasteiger partial charge in [-0.25, -0.2) is 4.98 Å². The molecule has 0 N–H and O–H groups in total. The largest absolute Gasteiger partial charge is 0.338 e. The summed E-state index contributed by atoms with van der Waals surface area (Å²) >= 11 is 1.64. The molecule has 1 atom stereocenters. The maximum absolute atomic E-state index is 5.30. The van der Waals surface area contributed by atoms with Gasteiger partial charge in [0.05, 0.1) is 15.8 Å². The zero-order valence-electron chi connectivity index (χ0n) is 12.3. The van der Waals surface area contributed by atoms with E-state index in [-0.39, 0.29) is 5.25 Å². The van der Waals surface area contributed by atoms with Crippen LogP contribution in [0.5, 0.6) is 0 Å². The summed E-state index contributed by atoms with van der Waals surface area (Å²) in [6.07, 6.45) is 0.786. The summed E-state index contributed by atoms with van der Waals surface area (Å²) < 4.78 is 5.30. The number of hydrogen-bond donors (Lipinski definition) is 0. The van der Waals surface area contributed by atoms with Gasteiger partial charge < -0.3 is 4.52 Å². The van der Waals surface area contributed by atoms with Crippen molar-refractivity contribution in [3.63, 3.8) is 0 Å². The van der Waals surface area contributed by atoms with Crippen LogP contribution in [0.15, 0.2) is 39.9 Å². The summed E-state index contributed by atoms with van der Waals surface area (Å²) in [6.45, 7) is 6.19. The van der Waals surface area contributed by atoms with Gasteiger partial charge in [-0.15, -0.1) is 0 Å². The molecule has 3 aromatic rings. The number of nitrogens with zero attached hydrogens (tertiary/aromatic N) is 3. The maximum Gasteiger partial charge on any atom is 0.239 e. The molecular weight excluding hydrogens is 282 g/mol. The monoisotopic (exact) mass is 299 g/mol. The van der Waals surface area contributed by atoms with E-state index in [9.17, 15) is 0 Å². The number of hydrogen-bond acceptors (Lipinski definition) is 5. The SMILES string of the molecule is CCc1noc(C(C)Sc2cc(C)c3ccccc3n2)n1. The summed E-state index contributed by atoms with van der Waals surface area (Å²) in [7, 11) is 0. The van der Waals surface area contributed by atoms with Gasteiger partial charge in [-0.3, -0.25) is 0 Å². The van der Waals surface area contributed by atoms with Crippen molar-refractivity contribution in [3.8, 4) is 0 Å². The van der Waals surface area contributed by atoms with Crippen LogP contribution in [0.4, 0.5) is 0 Å². The number of fused-ring (bicyclic) bond motifs is 1. The van der Waals surface area contributed by atoms with E-state index in [0.29, 0.717) is 5.89 Å². The minimum Gasteiger partial charge on any atom is -0.338 e. The molecule has 0 spiro atoms. The van der Waals surface area contributed by atoms with Crippen LogP contribution in [-0.4, -0.2) is 15.1 Å². The molecule has 0 aliphatic rings. The molecule has 1 unspecified atom stereocenters. The van der Waals surface area contributed by atoms with Crippen LogP contribution in [0.3, 0.4) is 0 Å². The summed E-state index contributed by atoms with van der Waals surface area (Å²) in [4.78, 5) is 9.08. The van der Waals surface area contributed by atoms with E-state index in [4.69, 9.17) is 9.51 Å². The van der Waals surface area contributed by atoms with Gasteiger partial charge in [-0.05, 0) is 31.5 Å². The van der Waals surface area contributed by atoms with Crippen LogP contribution >= 0.6 is 11.8 Å². The third-order valence-electron chi connectivity index (χ3n) is 3.34. The normalized spacial score (nSPS) is 12.7. The van der Waals surface area contributed by atoms with Crippen molar-refractivity contribution in [2.45, 2.75) is 37.5 Å². The summed E-state index contributed by atoms with van der Waals surface area (Å²) in [5.41, 5.74) is 2.25. The molecule has 2 heterocycles. The average molecular weight is 299 g/mol. The van der Waals surface area contributed by atoms with Crippen LogP contribution in [0.1, 0.15) is 36.4 Å². The molecule has 1 aromatic carbocycles. The quantitative estimate of drug-likeness (QED) is 0.671. The maximum atomic E-state index is 5.30. The highest BCUT2D eigenvalue weighted by atomic mass is 32.2. The van der Waals surface area contributed by atoms with E-state index < -0.39 is 0 Å². The highest BCUT2D eigenvalue weighted by molar-refractivity contribution is 7.99. The fourth-order valence-corrected chi connectivity index (χ4v) is 3.14. The Morgan fingerprint density at radius 1 is 1.24 bits per heavy atom. The van der Waals surface area contributed by atoms with Gasteiger partial charge in [0.25, 0.3) is 0 Å². The summed E-state index contributed by atoms with van der Waals surface area (Å²) in [6, 6.07) is 10.3. The van der Waals surface area contributed by atoms with Gasteiger partial charge in [0.2, 0.25) is 5.89 Å². The predicted molar refractivity (Wildman–Crippen MR) is 84.4 cm³/mol. The molecular formula is C16H17N3OS. The molecule has 3 rings (SSSR count). The van der Waals surface area contributed by atoms with Crippen molar-refractivity contribution in [2.24, 2.45) is 0 Å². The highest BCUT2D eigenvalue weighted by Gasteiger charge is 2.16. The van der Waals surface area contributed by atoms with E-state index in [1.165, 1.54) is 10.9 Å². The highest BCUT2D eigenvalue weighted by Crippen LogP contribution is 2.34. The smallest absolute Gasteiger partial charge is 0.239 e. The molecule has 0 amide bonds. The number of aryl methyl sites for hydroxylation is 2. The standard InChI is InChI=1S/C16H17N3OS/c1-4-14-18-16(20-19-14)11(3)21-15-9-10(2)12-7-5-6-8-13(12)17-15/h5-9,11H,4H2,1-3H3. The predicted octanol–water partition coefficient (Wildman–Crippen LogP) is 4.34. The minimum absolute atomic E-state index is 0.0888. The van der Waals surface area contributed by atoms with E-state index in [1.807, 2.05) is 25.1 Å². The second-order valence-corrected chi connectivity index (χ2v) is 6.32. The molecule has 0 aliphatic heterocycles. The first kappa shape index (κ1) is 14.1. The lowest BCUT2D eigenvalue weighted by atomic mass is 10.1. The Morgan fingerprint density at radius 3 is 2.81 bits per heavy atom. The lowest BCUT2D eigenvalue weighted by molar-refractivity contribution is 0.375. The first-order valence-electron chi connectivity index (χ1n) is 7.03. The molecule has 0 aliphatic carbocycles. The fraction of sp³-hybridized carbons (Fsp3) is 0.312. The Morgan fingerprint density at radius 2 is 2.05 bits per heavy atom. The molecule has 21 heavy (non-hydrogen) atoms. The molecule has 0 radical (unpaired) electrons. The molecule has 0 saturated heterocycles. The number of para-hydroxylation sites is 1. The Bertz CT molecular complexity index is 769. The molecule has 0 bridgehead atoms. The topological polar surface area (TPSA) is 51.8 Å². The average Bonchev–Trinajstić information content (AvgIpc) is 2.96. The second kappa shape index (κ2) is 5.85. The van der Waals surface area contributed by atoms with Crippen molar-refractivity contribution >= 4 is 22.7 Å². The van der Waals surface area contributed by atoms with Crippen molar-refractivity contribution in [1.29, 1.82) is 0 Å². The number of rotatable bonds is 4. The van der Waals surface area contributed by atoms with Crippen LogP contribution < -0.4 is 0 Å². The minimum atomic E-state index is 0.0888.